The molecule has 0 radical (unpaired) electrons. The number of nitrogens with zero attached hydrogens (tertiary/aromatic N) is 1. The van der Waals surface area contributed by atoms with Crippen LogP contribution in [0.4, 0.5) is 5.82 Å². The molecule has 2 rings (SSSR count). The summed E-state index contributed by atoms with van der Waals surface area (Å²) in [4.78, 5) is 26.0. The van der Waals surface area contributed by atoms with Crippen LogP contribution in [-0.2, 0) is 4.79 Å². The minimum atomic E-state index is -0.688. The molecule has 1 amide bonds. The summed E-state index contributed by atoms with van der Waals surface area (Å²) in [6, 6.07) is 5.09. The maximum atomic E-state index is 11.0. The van der Waals surface area contributed by atoms with E-state index in [4.69, 9.17) is 10.8 Å². The van der Waals surface area contributed by atoms with E-state index in [0.29, 0.717) is 11.7 Å². The van der Waals surface area contributed by atoms with Crippen LogP contribution < -0.4 is 11.1 Å². The first-order chi connectivity index (χ1) is 9.56. The first-order valence-corrected chi connectivity index (χ1v) is 6.80. The van der Waals surface area contributed by atoms with E-state index in [1.54, 1.807) is 18.2 Å². The molecule has 20 heavy (non-hydrogen) atoms. The molecule has 1 aliphatic carbocycles. The smallest absolute Gasteiger partial charge is 0.306 e. The van der Waals surface area contributed by atoms with E-state index in [1.807, 2.05) is 0 Å². The van der Waals surface area contributed by atoms with Gasteiger partial charge in [-0.25, -0.2) is 4.98 Å². The molecule has 1 aromatic heterocycles. The molecule has 0 aromatic carbocycles. The van der Waals surface area contributed by atoms with Crippen LogP contribution in [0, 0.1) is 11.8 Å². The first kappa shape index (κ1) is 14.3. The molecule has 1 heterocycles. The Morgan fingerprint density at radius 3 is 2.60 bits per heavy atom. The van der Waals surface area contributed by atoms with Crippen molar-refractivity contribution in [2.24, 2.45) is 17.6 Å². The van der Waals surface area contributed by atoms with Crippen LogP contribution in [0.5, 0.6) is 0 Å². The molecule has 4 N–H and O–H groups in total. The molecule has 1 fully saturated rings. The average Bonchev–Trinajstić information content (AvgIpc) is 2.46. The standard InChI is InChI=1S/C14H19N3O3/c15-13(18)11-2-1-3-12(17-11)16-8-9-4-6-10(7-5-9)14(19)20/h1-3,9-10H,4-8H2,(H2,15,18)(H,16,17)(H,19,20). The normalized spacial score (nSPS) is 22.2. The molecule has 0 spiro atoms. The van der Waals surface area contributed by atoms with Crippen LogP contribution in [0.15, 0.2) is 18.2 Å². The van der Waals surface area contributed by atoms with E-state index in [-0.39, 0.29) is 11.6 Å². The predicted octanol–water partition coefficient (Wildman–Crippen LogP) is 1.48. The fourth-order valence-electron chi connectivity index (χ4n) is 2.53. The van der Waals surface area contributed by atoms with Crippen molar-refractivity contribution in [3.63, 3.8) is 0 Å². The van der Waals surface area contributed by atoms with Crippen molar-refractivity contribution in [3.8, 4) is 0 Å². The lowest BCUT2D eigenvalue weighted by Crippen LogP contribution is -2.25. The predicted molar refractivity (Wildman–Crippen MR) is 74.3 cm³/mol. The van der Waals surface area contributed by atoms with Crippen molar-refractivity contribution < 1.29 is 14.7 Å². The molecular weight excluding hydrogens is 258 g/mol. The summed E-state index contributed by atoms with van der Waals surface area (Å²) in [6.07, 6.45) is 3.27. The third-order valence-corrected chi connectivity index (χ3v) is 3.77. The maximum absolute atomic E-state index is 11.0. The van der Waals surface area contributed by atoms with Crippen molar-refractivity contribution in [2.45, 2.75) is 25.7 Å². The SMILES string of the molecule is NC(=O)c1cccc(NCC2CCC(C(=O)O)CC2)n1. The number of aliphatic carboxylic acids is 1. The highest BCUT2D eigenvalue weighted by Crippen LogP contribution is 2.28. The summed E-state index contributed by atoms with van der Waals surface area (Å²) in [5.74, 6) is -0.350. The van der Waals surface area contributed by atoms with E-state index in [1.165, 1.54) is 0 Å². The highest BCUT2D eigenvalue weighted by atomic mass is 16.4. The molecule has 0 aliphatic heterocycles. The van der Waals surface area contributed by atoms with Crippen LogP contribution in [0.1, 0.15) is 36.2 Å². The van der Waals surface area contributed by atoms with Crippen LogP contribution in [0.25, 0.3) is 0 Å². The number of carboxylic acid groups (broad SMARTS) is 1. The number of amides is 1. The molecule has 6 heteroatoms. The Balaban J connectivity index is 1.83. The van der Waals surface area contributed by atoms with Gasteiger partial charge in [0.2, 0.25) is 0 Å². The summed E-state index contributed by atoms with van der Waals surface area (Å²) >= 11 is 0. The fourth-order valence-corrected chi connectivity index (χ4v) is 2.53. The molecule has 1 saturated carbocycles. The van der Waals surface area contributed by atoms with Gasteiger partial charge in [-0.15, -0.1) is 0 Å². The number of hydrogen-bond donors (Lipinski definition) is 3. The number of nitrogens with two attached hydrogens (primary N) is 1. The van der Waals surface area contributed by atoms with Crippen LogP contribution >= 0.6 is 0 Å². The van der Waals surface area contributed by atoms with E-state index in [0.717, 1.165) is 32.2 Å². The lowest BCUT2D eigenvalue weighted by Gasteiger charge is -2.26. The van der Waals surface area contributed by atoms with Gasteiger partial charge in [0, 0.05) is 6.54 Å². The second-order valence-corrected chi connectivity index (χ2v) is 5.21. The number of carbonyl (C=O) groups excluding carboxylic acids is 1. The Hall–Kier alpha value is -2.11. The number of aromatic nitrogens is 1. The minimum Gasteiger partial charge on any atom is -0.481 e. The molecule has 0 saturated heterocycles. The number of carbonyl (C=O) groups is 2. The Kier molecular flexibility index (Phi) is 4.55. The summed E-state index contributed by atoms with van der Waals surface area (Å²) in [5.41, 5.74) is 5.42. The zero-order chi connectivity index (χ0) is 14.5. The van der Waals surface area contributed by atoms with Gasteiger partial charge < -0.3 is 16.2 Å². The van der Waals surface area contributed by atoms with E-state index in [9.17, 15) is 9.59 Å². The molecule has 6 nitrogen and oxygen atoms in total. The van der Waals surface area contributed by atoms with Crippen molar-refractivity contribution >= 4 is 17.7 Å². The zero-order valence-corrected chi connectivity index (χ0v) is 11.2. The fraction of sp³-hybridized carbons (Fsp3) is 0.500. The summed E-state index contributed by atoms with van der Waals surface area (Å²) in [6.45, 7) is 0.738. The lowest BCUT2D eigenvalue weighted by molar-refractivity contribution is -0.143. The monoisotopic (exact) mass is 277 g/mol. The first-order valence-electron chi connectivity index (χ1n) is 6.80. The van der Waals surface area contributed by atoms with E-state index < -0.39 is 11.9 Å². The highest BCUT2D eigenvalue weighted by molar-refractivity contribution is 5.91. The molecule has 0 atom stereocenters. The van der Waals surface area contributed by atoms with Gasteiger partial charge in [-0.1, -0.05) is 6.07 Å². The van der Waals surface area contributed by atoms with Crippen molar-refractivity contribution in [2.75, 3.05) is 11.9 Å². The summed E-state index contributed by atoms with van der Waals surface area (Å²) < 4.78 is 0. The van der Waals surface area contributed by atoms with E-state index in [2.05, 4.69) is 10.3 Å². The maximum Gasteiger partial charge on any atom is 0.306 e. The van der Waals surface area contributed by atoms with Crippen molar-refractivity contribution in [1.82, 2.24) is 4.98 Å². The van der Waals surface area contributed by atoms with Gasteiger partial charge in [0.25, 0.3) is 5.91 Å². The van der Waals surface area contributed by atoms with Gasteiger partial charge in [0.05, 0.1) is 5.92 Å². The van der Waals surface area contributed by atoms with E-state index >= 15 is 0 Å². The quantitative estimate of drug-likeness (QED) is 0.756. The number of primary amides is 1. The zero-order valence-electron chi connectivity index (χ0n) is 11.2. The van der Waals surface area contributed by atoms with Gasteiger partial charge in [-0.05, 0) is 43.7 Å². The van der Waals surface area contributed by atoms with Crippen molar-refractivity contribution in [1.29, 1.82) is 0 Å². The third-order valence-electron chi connectivity index (χ3n) is 3.77. The Bertz CT molecular complexity index is 496. The van der Waals surface area contributed by atoms with Crippen LogP contribution in [0.3, 0.4) is 0 Å². The van der Waals surface area contributed by atoms with Gasteiger partial charge in [0.1, 0.15) is 11.5 Å². The summed E-state index contributed by atoms with van der Waals surface area (Å²) in [7, 11) is 0. The Morgan fingerprint density at radius 1 is 1.30 bits per heavy atom. The minimum absolute atomic E-state index is 0.192. The van der Waals surface area contributed by atoms with Gasteiger partial charge in [-0.3, -0.25) is 9.59 Å². The molecule has 0 unspecified atom stereocenters. The molecule has 1 aromatic rings. The number of pyridine rings is 1. The number of hydrogen-bond acceptors (Lipinski definition) is 4. The largest absolute Gasteiger partial charge is 0.481 e. The molecular formula is C14H19N3O3. The lowest BCUT2D eigenvalue weighted by atomic mass is 9.82. The second kappa shape index (κ2) is 6.36. The Labute approximate surface area is 117 Å². The van der Waals surface area contributed by atoms with Gasteiger partial charge >= 0.3 is 5.97 Å². The average molecular weight is 277 g/mol. The van der Waals surface area contributed by atoms with Crippen LogP contribution in [-0.4, -0.2) is 28.5 Å². The molecule has 0 bridgehead atoms. The third kappa shape index (κ3) is 3.69. The molecule has 1 aliphatic rings. The van der Waals surface area contributed by atoms with Gasteiger partial charge in [-0.2, -0.15) is 0 Å². The van der Waals surface area contributed by atoms with Crippen molar-refractivity contribution in [3.05, 3.63) is 23.9 Å². The van der Waals surface area contributed by atoms with Crippen LogP contribution in [0.2, 0.25) is 0 Å². The number of carboxylic acids is 1. The Morgan fingerprint density at radius 2 is 2.00 bits per heavy atom. The second-order valence-electron chi connectivity index (χ2n) is 5.21. The number of nitrogens with one attached hydrogen (secondary N) is 1. The van der Waals surface area contributed by atoms with Gasteiger partial charge in [0.15, 0.2) is 0 Å². The topological polar surface area (TPSA) is 105 Å². The highest BCUT2D eigenvalue weighted by Gasteiger charge is 2.25. The number of rotatable bonds is 5. The molecule has 108 valence electrons. The summed E-state index contributed by atoms with van der Waals surface area (Å²) in [5, 5.41) is 12.1. The number of anilines is 1.